The molecule has 29 heavy (non-hydrogen) atoms. The first-order chi connectivity index (χ1) is 14.1. The van der Waals surface area contributed by atoms with Crippen molar-refractivity contribution < 1.29 is 14.6 Å². The number of aliphatic hydroxyl groups is 1. The van der Waals surface area contributed by atoms with Gasteiger partial charge in [0.05, 0.1) is 7.11 Å². The molecule has 0 radical (unpaired) electrons. The predicted molar refractivity (Wildman–Crippen MR) is 118 cm³/mol. The molecule has 0 amide bonds. The molecule has 1 fully saturated rings. The lowest BCUT2D eigenvalue weighted by molar-refractivity contribution is 0.0704. The van der Waals surface area contributed by atoms with Crippen molar-refractivity contribution in [3.63, 3.8) is 0 Å². The quantitative estimate of drug-likeness (QED) is 0.637. The van der Waals surface area contributed by atoms with E-state index in [2.05, 4.69) is 27.9 Å². The molecular formula is C22H31N3O3S. The van der Waals surface area contributed by atoms with Crippen LogP contribution in [-0.2, 0) is 13.1 Å². The molecule has 6 nitrogen and oxygen atoms in total. The first-order valence-corrected chi connectivity index (χ1v) is 11.1. The average molecular weight is 418 g/mol. The Morgan fingerprint density at radius 1 is 1.17 bits per heavy atom. The lowest BCUT2D eigenvalue weighted by Gasteiger charge is -2.28. The molecule has 1 aliphatic heterocycles. The standard InChI is InChI=1S/C22H31N3O3S/c1-24(15-19-4-3-7-23-13-19)14-18-5-6-21(22(12-18)27-2)28-17-20(26)16-25-8-10-29-11-9-25/h3-7,12-13,20,26H,8-11,14-17H2,1-2H3/t20-/m0/s1. The number of hydrogen-bond donors (Lipinski definition) is 1. The normalized spacial score (nSPS) is 16.0. The van der Waals surface area contributed by atoms with Crippen molar-refractivity contribution in [1.82, 2.24) is 14.8 Å². The van der Waals surface area contributed by atoms with Crippen LogP contribution in [0, 0.1) is 0 Å². The molecule has 158 valence electrons. The zero-order valence-electron chi connectivity index (χ0n) is 17.3. The number of aromatic nitrogens is 1. The first-order valence-electron chi connectivity index (χ1n) is 9.99. The molecule has 1 aliphatic rings. The number of benzene rings is 1. The number of β-amino-alcohol motifs (C(OH)–C–C–N with tert-alkyl or cyclic N) is 1. The van der Waals surface area contributed by atoms with Crippen LogP contribution in [0.25, 0.3) is 0 Å². The second kappa shape index (κ2) is 11.4. The third-order valence-electron chi connectivity index (χ3n) is 4.86. The molecule has 0 aliphatic carbocycles. The summed E-state index contributed by atoms with van der Waals surface area (Å²) in [4.78, 5) is 8.69. The number of hydrogen-bond acceptors (Lipinski definition) is 7. The number of nitrogens with zero attached hydrogens (tertiary/aromatic N) is 3. The molecule has 1 aromatic heterocycles. The van der Waals surface area contributed by atoms with Gasteiger partial charge in [-0.05, 0) is 36.4 Å². The van der Waals surface area contributed by atoms with Gasteiger partial charge in [-0.1, -0.05) is 12.1 Å². The van der Waals surface area contributed by atoms with E-state index in [0.717, 1.165) is 43.2 Å². The Balaban J connectivity index is 1.51. The van der Waals surface area contributed by atoms with Gasteiger partial charge in [0, 0.05) is 56.6 Å². The van der Waals surface area contributed by atoms with E-state index in [0.29, 0.717) is 18.0 Å². The zero-order chi connectivity index (χ0) is 20.5. The molecule has 3 rings (SSSR count). The van der Waals surface area contributed by atoms with Crippen LogP contribution in [0.1, 0.15) is 11.1 Å². The molecule has 2 aromatic rings. The monoisotopic (exact) mass is 417 g/mol. The summed E-state index contributed by atoms with van der Waals surface area (Å²) in [5, 5.41) is 10.3. The summed E-state index contributed by atoms with van der Waals surface area (Å²) in [6.45, 7) is 4.61. The Morgan fingerprint density at radius 2 is 1.97 bits per heavy atom. The Hall–Kier alpha value is -1.80. The second-order valence-electron chi connectivity index (χ2n) is 7.40. The summed E-state index contributed by atoms with van der Waals surface area (Å²) in [5.74, 6) is 3.63. The van der Waals surface area contributed by atoms with Crippen molar-refractivity contribution in [2.45, 2.75) is 19.2 Å². The molecule has 7 heteroatoms. The molecular weight excluding hydrogens is 386 g/mol. The van der Waals surface area contributed by atoms with Crippen LogP contribution in [-0.4, -0.2) is 77.9 Å². The van der Waals surface area contributed by atoms with Crippen molar-refractivity contribution >= 4 is 11.8 Å². The highest BCUT2D eigenvalue weighted by molar-refractivity contribution is 7.99. The van der Waals surface area contributed by atoms with E-state index in [-0.39, 0.29) is 6.61 Å². The van der Waals surface area contributed by atoms with Crippen LogP contribution in [0.2, 0.25) is 0 Å². The van der Waals surface area contributed by atoms with Crippen LogP contribution >= 0.6 is 11.8 Å². The lowest BCUT2D eigenvalue weighted by atomic mass is 10.1. The molecule has 2 heterocycles. The van der Waals surface area contributed by atoms with Crippen LogP contribution in [0.3, 0.4) is 0 Å². The molecule has 0 saturated carbocycles. The fraction of sp³-hybridized carbons (Fsp3) is 0.500. The maximum Gasteiger partial charge on any atom is 0.161 e. The average Bonchev–Trinajstić information content (AvgIpc) is 2.74. The highest BCUT2D eigenvalue weighted by atomic mass is 32.2. The SMILES string of the molecule is COc1cc(CN(C)Cc2cccnc2)ccc1OC[C@@H](O)CN1CCSCC1. The molecule has 0 unspecified atom stereocenters. The van der Waals surface area contributed by atoms with Crippen LogP contribution < -0.4 is 9.47 Å². The highest BCUT2D eigenvalue weighted by Crippen LogP contribution is 2.29. The van der Waals surface area contributed by atoms with Gasteiger partial charge in [-0.2, -0.15) is 11.8 Å². The van der Waals surface area contributed by atoms with E-state index >= 15 is 0 Å². The van der Waals surface area contributed by atoms with Gasteiger partial charge in [0.2, 0.25) is 0 Å². The Labute approximate surface area is 177 Å². The molecule has 0 bridgehead atoms. The van der Waals surface area contributed by atoms with Gasteiger partial charge in [-0.3, -0.25) is 14.8 Å². The maximum absolute atomic E-state index is 10.3. The minimum Gasteiger partial charge on any atom is -0.493 e. The van der Waals surface area contributed by atoms with Crippen molar-refractivity contribution in [1.29, 1.82) is 0 Å². The largest absolute Gasteiger partial charge is 0.493 e. The zero-order valence-corrected chi connectivity index (χ0v) is 18.1. The Bertz CT molecular complexity index is 741. The summed E-state index contributed by atoms with van der Waals surface area (Å²) in [6, 6.07) is 10.0. The molecule has 1 atom stereocenters. The van der Waals surface area contributed by atoms with Crippen molar-refractivity contribution in [3.8, 4) is 11.5 Å². The van der Waals surface area contributed by atoms with Crippen LogP contribution in [0.15, 0.2) is 42.7 Å². The molecule has 1 N–H and O–H groups in total. The lowest BCUT2D eigenvalue weighted by Crippen LogP contribution is -2.40. The third kappa shape index (κ3) is 7.19. The van der Waals surface area contributed by atoms with E-state index in [1.165, 1.54) is 5.56 Å². The number of rotatable bonds is 10. The fourth-order valence-electron chi connectivity index (χ4n) is 3.42. The van der Waals surface area contributed by atoms with Gasteiger partial charge in [-0.15, -0.1) is 0 Å². The highest BCUT2D eigenvalue weighted by Gasteiger charge is 2.16. The molecule has 0 spiro atoms. The topological polar surface area (TPSA) is 58.1 Å². The van der Waals surface area contributed by atoms with Gasteiger partial charge >= 0.3 is 0 Å². The van der Waals surface area contributed by atoms with Crippen LogP contribution in [0.4, 0.5) is 0 Å². The minimum atomic E-state index is -0.506. The summed E-state index contributed by atoms with van der Waals surface area (Å²) in [7, 11) is 3.73. The second-order valence-corrected chi connectivity index (χ2v) is 8.62. The first kappa shape index (κ1) is 21.9. The summed E-state index contributed by atoms with van der Waals surface area (Å²) >= 11 is 1.97. The van der Waals surface area contributed by atoms with Gasteiger partial charge in [-0.25, -0.2) is 0 Å². The number of aliphatic hydroxyl groups excluding tert-OH is 1. The molecule has 1 aromatic carbocycles. The molecule has 1 saturated heterocycles. The van der Waals surface area contributed by atoms with E-state index in [1.54, 1.807) is 13.3 Å². The maximum atomic E-state index is 10.3. The van der Waals surface area contributed by atoms with Crippen molar-refractivity contribution in [2.75, 3.05) is 51.9 Å². The van der Waals surface area contributed by atoms with Crippen molar-refractivity contribution in [2.24, 2.45) is 0 Å². The minimum absolute atomic E-state index is 0.264. The van der Waals surface area contributed by atoms with Gasteiger partial charge in [0.1, 0.15) is 12.7 Å². The van der Waals surface area contributed by atoms with E-state index in [1.807, 2.05) is 42.2 Å². The smallest absolute Gasteiger partial charge is 0.161 e. The summed E-state index contributed by atoms with van der Waals surface area (Å²) in [6.07, 6.45) is 3.17. The van der Waals surface area contributed by atoms with E-state index < -0.39 is 6.10 Å². The third-order valence-corrected chi connectivity index (χ3v) is 5.80. The predicted octanol–water partition coefficient (Wildman–Crippen LogP) is 2.51. The number of pyridine rings is 1. The Morgan fingerprint density at radius 3 is 2.69 bits per heavy atom. The van der Waals surface area contributed by atoms with E-state index in [4.69, 9.17) is 9.47 Å². The number of thioether (sulfide) groups is 1. The van der Waals surface area contributed by atoms with Gasteiger partial charge < -0.3 is 14.6 Å². The fourth-order valence-corrected chi connectivity index (χ4v) is 4.40. The van der Waals surface area contributed by atoms with E-state index in [9.17, 15) is 5.11 Å². The number of ether oxygens (including phenoxy) is 2. The van der Waals surface area contributed by atoms with Crippen molar-refractivity contribution in [3.05, 3.63) is 53.9 Å². The number of methoxy groups -OCH3 is 1. The summed E-state index contributed by atoms with van der Waals surface area (Å²) < 4.78 is 11.4. The van der Waals surface area contributed by atoms with Gasteiger partial charge in [0.15, 0.2) is 11.5 Å². The summed E-state index contributed by atoms with van der Waals surface area (Å²) in [5.41, 5.74) is 2.33. The Kier molecular flexibility index (Phi) is 8.61. The van der Waals surface area contributed by atoms with Crippen LogP contribution in [0.5, 0.6) is 11.5 Å². The van der Waals surface area contributed by atoms with Gasteiger partial charge in [0.25, 0.3) is 0 Å².